The molecule has 0 aliphatic rings. The van der Waals surface area contributed by atoms with Gasteiger partial charge in [-0.1, -0.05) is 30.3 Å². The molecule has 3 rings (SSSR count). The molecule has 0 fully saturated rings. The first kappa shape index (κ1) is 15.0. The van der Waals surface area contributed by atoms with Crippen LogP contribution >= 0.6 is 0 Å². The smallest absolute Gasteiger partial charge is 0.151 e. The fourth-order valence-electron chi connectivity index (χ4n) is 2.63. The molecule has 0 saturated carbocycles. The predicted molar refractivity (Wildman–Crippen MR) is 92.3 cm³/mol. The maximum absolute atomic E-state index is 10.6. The third-order valence-corrected chi connectivity index (χ3v) is 3.91. The molecule has 4 nitrogen and oxygen atoms in total. The number of rotatable bonds is 3. The van der Waals surface area contributed by atoms with E-state index in [-0.39, 0.29) is 5.75 Å². The lowest BCUT2D eigenvalue weighted by Crippen LogP contribution is -1.84. The van der Waals surface area contributed by atoms with Gasteiger partial charge in [-0.15, -0.1) is 10.2 Å². The molecular formula is C19H18N2O2. The van der Waals surface area contributed by atoms with Gasteiger partial charge in [-0.2, -0.15) is 0 Å². The van der Waals surface area contributed by atoms with Crippen LogP contribution in [0.4, 0.5) is 11.4 Å². The summed E-state index contributed by atoms with van der Waals surface area (Å²) in [5.74, 6) is 0.797. The zero-order chi connectivity index (χ0) is 16.4. The lowest BCUT2D eigenvalue weighted by Gasteiger charge is -2.09. The molecule has 3 aromatic rings. The molecule has 0 bridgehead atoms. The number of hydrogen-bond acceptors (Lipinski definition) is 4. The number of phenolic OH excluding ortho intramolecular Hbond substituents is 1. The average molecular weight is 306 g/mol. The standard InChI is InChI=1S/C19H18N2O2/c1-12-8-9-13(2)18-14(12)10-11-16(19(18)22)21-20-15-6-4-5-7-17(15)23-3/h4-11,22H,1-3H3. The number of aryl methyl sites for hydroxylation is 2. The molecule has 0 unspecified atom stereocenters. The van der Waals surface area contributed by atoms with Gasteiger partial charge in [0.05, 0.1) is 7.11 Å². The molecule has 0 amide bonds. The van der Waals surface area contributed by atoms with E-state index < -0.39 is 0 Å². The number of methoxy groups -OCH3 is 1. The van der Waals surface area contributed by atoms with Crippen LogP contribution in [-0.4, -0.2) is 12.2 Å². The van der Waals surface area contributed by atoms with Crippen LogP contribution in [0.5, 0.6) is 11.5 Å². The number of hydrogen-bond donors (Lipinski definition) is 1. The van der Waals surface area contributed by atoms with Crippen molar-refractivity contribution in [2.24, 2.45) is 10.2 Å². The summed E-state index contributed by atoms with van der Waals surface area (Å²) in [5.41, 5.74) is 3.19. The first-order valence-corrected chi connectivity index (χ1v) is 7.38. The minimum atomic E-state index is 0.155. The maximum atomic E-state index is 10.6. The fraction of sp³-hybridized carbons (Fsp3) is 0.158. The molecule has 0 spiro atoms. The summed E-state index contributed by atoms with van der Waals surface area (Å²) in [6, 6.07) is 15.2. The number of phenols is 1. The van der Waals surface area contributed by atoms with Gasteiger partial charge in [-0.25, -0.2) is 0 Å². The predicted octanol–water partition coefficient (Wildman–Crippen LogP) is 5.59. The van der Waals surface area contributed by atoms with Crippen LogP contribution in [0.1, 0.15) is 11.1 Å². The summed E-state index contributed by atoms with van der Waals surface area (Å²) >= 11 is 0. The van der Waals surface area contributed by atoms with Gasteiger partial charge in [0.15, 0.2) is 5.75 Å². The van der Waals surface area contributed by atoms with E-state index in [1.807, 2.05) is 56.3 Å². The van der Waals surface area contributed by atoms with Crippen LogP contribution in [0.3, 0.4) is 0 Å². The Morgan fingerprint density at radius 1 is 0.826 bits per heavy atom. The molecule has 1 N–H and O–H groups in total. The molecule has 23 heavy (non-hydrogen) atoms. The summed E-state index contributed by atoms with van der Waals surface area (Å²) in [7, 11) is 1.59. The minimum Gasteiger partial charge on any atom is -0.505 e. The number of benzene rings is 3. The van der Waals surface area contributed by atoms with E-state index in [4.69, 9.17) is 4.74 Å². The van der Waals surface area contributed by atoms with Crippen molar-refractivity contribution in [3.63, 3.8) is 0 Å². The number of ether oxygens (including phenoxy) is 1. The summed E-state index contributed by atoms with van der Waals surface area (Å²) in [6.45, 7) is 4.00. The molecule has 116 valence electrons. The van der Waals surface area contributed by atoms with Gasteiger partial charge in [0.25, 0.3) is 0 Å². The van der Waals surface area contributed by atoms with Crippen molar-refractivity contribution in [1.29, 1.82) is 0 Å². The van der Waals surface area contributed by atoms with Gasteiger partial charge >= 0.3 is 0 Å². The van der Waals surface area contributed by atoms with Crippen LogP contribution in [-0.2, 0) is 0 Å². The Bertz CT molecular complexity index is 901. The molecule has 0 saturated heterocycles. The summed E-state index contributed by atoms with van der Waals surface area (Å²) < 4.78 is 5.25. The Kier molecular flexibility index (Phi) is 3.98. The number of nitrogens with zero attached hydrogens (tertiary/aromatic N) is 2. The lowest BCUT2D eigenvalue weighted by atomic mass is 9.99. The molecule has 0 heterocycles. The highest BCUT2D eigenvalue weighted by Crippen LogP contribution is 2.39. The van der Waals surface area contributed by atoms with Gasteiger partial charge in [0.2, 0.25) is 0 Å². The van der Waals surface area contributed by atoms with Crippen molar-refractivity contribution in [2.75, 3.05) is 7.11 Å². The highest BCUT2D eigenvalue weighted by atomic mass is 16.5. The molecule has 4 heteroatoms. The Hall–Kier alpha value is -2.88. The van der Waals surface area contributed by atoms with E-state index in [1.54, 1.807) is 13.2 Å². The molecule has 0 aliphatic heterocycles. The zero-order valence-electron chi connectivity index (χ0n) is 13.4. The molecule has 0 aliphatic carbocycles. The van der Waals surface area contributed by atoms with Crippen molar-refractivity contribution < 1.29 is 9.84 Å². The summed E-state index contributed by atoms with van der Waals surface area (Å²) in [5, 5.41) is 20.8. The van der Waals surface area contributed by atoms with Crippen molar-refractivity contribution >= 4 is 22.1 Å². The van der Waals surface area contributed by atoms with Crippen LogP contribution in [0.25, 0.3) is 10.8 Å². The average Bonchev–Trinajstić information content (AvgIpc) is 2.57. The van der Waals surface area contributed by atoms with E-state index in [0.717, 1.165) is 21.9 Å². The van der Waals surface area contributed by atoms with Crippen LogP contribution < -0.4 is 4.74 Å². The SMILES string of the molecule is COc1ccccc1N=Nc1ccc2c(C)ccc(C)c2c1O. The number of aromatic hydroxyl groups is 1. The molecular weight excluding hydrogens is 288 g/mol. The van der Waals surface area contributed by atoms with Crippen LogP contribution in [0, 0.1) is 13.8 Å². The minimum absolute atomic E-state index is 0.155. The number of para-hydroxylation sites is 1. The number of fused-ring (bicyclic) bond motifs is 1. The summed E-state index contributed by atoms with van der Waals surface area (Å²) in [6.07, 6.45) is 0. The third-order valence-electron chi connectivity index (χ3n) is 3.91. The second-order valence-electron chi connectivity index (χ2n) is 5.43. The topological polar surface area (TPSA) is 54.2 Å². The second kappa shape index (κ2) is 6.08. The van der Waals surface area contributed by atoms with E-state index in [0.29, 0.717) is 17.1 Å². The lowest BCUT2D eigenvalue weighted by molar-refractivity contribution is 0.416. The van der Waals surface area contributed by atoms with E-state index in [9.17, 15) is 5.11 Å². The van der Waals surface area contributed by atoms with E-state index in [2.05, 4.69) is 10.2 Å². The van der Waals surface area contributed by atoms with Crippen molar-refractivity contribution in [1.82, 2.24) is 0 Å². The van der Waals surface area contributed by atoms with Gasteiger partial charge in [-0.05, 0) is 48.6 Å². The Labute approximate surface area is 135 Å². The van der Waals surface area contributed by atoms with Crippen molar-refractivity contribution in [3.8, 4) is 11.5 Å². The first-order valence-electron chi connectivity index (χ1n) is 7.38. The number of azo groups is 1. The van der Waals surface area contributed by atoms with Crippen LogP contribution in [0.2, 0.25) is 0 Å². The summed E-state index contributed by atoms with van der Waals surface area (Å²) in [4.78, 5) is 0. The Morgan fingerprint density at radius 3 is 2.30 bits per heavy atom. The zero-order valence-corrected chi connectivity index (χ0v) is 13.4. The molecule has 0 atom stereocenters. The Morgan fingerprint density at radius 2 is 1.52 bits per heavy atom. The maximum Gasteiger partial charge on any atom is 0.151 e. The Balaban J connectivity index is 2.09. The second-order valence-corrected chi connectivity index (χ2v) is 5.43. The molecule has 0 aromatic heterocycles. The third kappa shape index (κ3) is 2.75. The largest absolute Gasteiger partial charge is 0.505 e. The van der Waals surface area contributed by atoms with Gasteiger partial charge < -0.3 is 9.84 Å². The van der Waals surface area contributed by atoms with Gasteiger partial charge in [0.1, 0.15) is 17.1 Å². The normalized spacial score (nSPS) is 11.3. The van der Waals surface area contributed by atoms with Crippen LogP contribution in [0.15, 0.2) is 58.8 Å². The highest BCUT2D eigenvalue weighted by Gasteiger charge is 2.10. The van der Waals surface area contributed by atoms with E-state index in [1.165, 1.54) is 0 Å². The molecule has 0 radical (unpaired) electrons. The first-order chi connectivity index (χ1) is 11.1. The fourth-order valence-corrected chi connectivity index (χ4v) is 2.63. The van der Waals surface area contributed by atoms with Gasteiger partial charge in [0, 0.05) is 5.39 Å². The quantitative estimate of drug-likeness (QED) is 0.641. The van der Waals surface area contributed by atoms with Crippen molar-refractivity contribution in [3.05, 3.63) is 59.7 Å². The van der Waals surface area contributed by atoms with Crippen molar-refractivity contribution in [2.45, 2.75) is 13.8 Å². The van der Waals surface area contributed by atoms with E-state index >= 15 is 0 Å². The monoisotopic (exact) mass is 306 g/mol. The molecule has 3 aromatic carbocycles. The van der Waals surface area contributed by atoms with Gasteiger partial charge in [-0.3, -0.25) is 0 Å². The highest BCUT2D eigenvalue weighted by molar-refractivity contribution is 5.96.